The van der Waals surface area contributed by atoms with Gasteiger partial charge in [0.25, 0.3) is 5.91 Å². The summed E-state index contributed by atoms with van der Waals surface area (Å²) in [6, 6.07) is 6.73. The summed E-state index contributed by atoms with van der Waals surface area (Å²) in [6.07, 6.45) is 0. The van der Waals surface area contributed by atoms with Crippen molar-refractivity contribution in [2.45, 2.75) is 33.2 Å². The molecule has 0 heterocycles. The lowest BCUT2D eigenvalue weighted by Crippen LogP contribution is -2.46. The molecular formula is C18H28N4O3. The maximum atomic E-state index is 12.1. The minimum atomic E-state index is -0.306. The van der Waals surface area contributed by atoms with Crippen LogP contribution < -0.4 is 16.0 Å². The van der Waals surface area contributed by atoms with Gasteiger partial charge in [-0.25, -0.2) is 0 Å². The van der Waals surface area contributed by atoms with Crippen LogP contribution in [-0.2, 0) is 9.59 Å². The highest BCUT2D eigenvalue weighted by Crippen LogP contribution is 2.10. The fraction of sp³-hybridized carbons (Fsp3) is 0.500. The first-order chi connectivity index (χ1) is 11.6. The van der Waals surface area contributed by atoms with Crippen LogP contribution in [0.5, 0.6) is 0 Å². The minimum Gasteiger partial charge on any atom is -0.352 e. The molecule has 0 spiro atoms. The van der Waals surface area contributed by atoms with Crippen molar-refractivity contribution >= 4 is 23.4 Å². The summed E-state index contributed by atoms with van der Waals surface area (Å²) in [5.41, 5.74) is 0.721. The van der Waals surface area contributed by atoms with Gasteiger partial charge in [0.15, 0.2) is 0 Å². The number of carbonyl (C=O) groups excluding carboxylic acids is 3. The molecule has 7 nitrogen and oxygen atoms in total. The van der Waals surface area contributed by atoms with Gasteiger partial charge in [-0.3, -0.25) is 19.3 Å². The molecule has 0 saturated carbocycles. The van der Waals surface area contributed by atoms with Crippen LogP contribution in [0.3, 0.4) is 0 Å². The predicted octanol–water partition coefficient (Wildman–Crippen LogP) is 1.22. The van der Waals surface area contributed by atoms with Crippen LogP contribution in [0.15, 0.2) is 24.3 Å². The molecule has 7 heteroatoms. The third kappa shape index (κ3) is 8.30. The quantitative estimate of drug-likeness (QED) is 0.691. The number of hydrogen-bond acceptors (Lipinski definition) is 4. The summed E-state index contributed by atoms with van der Waals surface area (Å²) in [6.45, 7) is 8.29. The zero-order chi connectivity index (χ0) is 19.0. The van der Waals surface area contributed by atoms with E-state index >= 15 is 0 Å². The summed E-state index contributed by atoms with van der Waals surface area (Å²) in [5.74, 6) is -0.574. The largest absolute Gasteiger partial charge is 0.352 e. The van der Waals surface area contributed by atoms with Crippen molar-refractivity contribution in [3.05, 3.63) is 29.8 Å². The SMILES string of the molecule is CCNC(=O)c1cccc(NC(=O)CN(C)CC(=O)NC(C)(C)C)c1. The van der Waals surface area contributed by atoms with Crippen LogP contribution in [0, 0.1) is 0 Å². The predicted molar refractivity (Wildman–Crippen MR) is 98.5 cm³/mol. The molecule has 0 radical (unpaired) electrons. The van der Waals surface area contributed by atoms with Crippen LogP contribution in [0.4, 0.5) is 5.69 Å². The molecule has 0 fully saturated rings. The van der Waals surface area contributed by atoms with E-state index in [9.17, 15) is 14.4 Å². The van der Waals surface area contributed by atoms with Gasteiger partial charge in [0.2, 0.25) is 11.8 Å². The third-order valence-corrected chi connectivity index (χ3v) is 3.09. The Morgan fingerprint density at radius 3 is 2.32 bits per heavy atom. The molecule has 0 saturated heterocycles. The Balaban J connectivity index is 2.55. The Bertz CT molecular complexity index is 623. The van der Waals surface area contributed by atoms with E-state index in [4.69, 9.17) is 0 Å². The lowest BCUT2D eigenvalue weighted by Gasteiger charge is -2.23. The molecule has 1 rings (SSSR count). The van der Waals surface area contributed by atoms with Crippen LogP contribution in [0.1, 0.15) is 38.1 Å². The minimum absolute atomic E-state index is 0.0724. The van der Waals surface area contributed by atoms with E-state index in [1.807, 2.05) is 27.7 Å². The Hall–Kier alpha value is -2.41. The summed E-state index contributed by atoms with van der Waals surface area (Å²) >= 11 is 0. The number of rotatable bonds is 7. The van der Waals surface area contributed by atoms with Gasteiger partial charge in [-0.05, 0) is 52.9 Å². The van der Waals surface area contributed by atoms with Gasteiger partial charge in [-0.2, -0.15) is 0 Å². The van der Waals surface area contributed by atoms with E-state index in [1.54, 1.807) is 36.2 Å². The van der Waals surface area contributed by atoms with E-state index < -0.39 is 0 Å². The number of nitrogens with one attached hydrogen (secondary N) is 3. The van der Waals surface area contributed by atoms with Gasteiger partial charge in [0.1, 0.15) is 0 Å². The molecule has 0 atom stereocenters. The van der Waals surface area contributed by atoms with Gasteiger partial charge in [0, 0.05) is 23.3 Å². The highest BCUT2D eigenvalue weighted by Gasteiger charge is 2.16. The number of likely N-dealkylation sites (N-methyl/N-ethyl adjacent to an activating group) is 1. The van der Waals surface area contributed by atoms with E-state index in [0.29, 0.717) is 17.8 Å². The highest BCUT2D eigenvalue weighted by molar-refractivity contribution is 5.97. The maximum absolute atomic E-state index is 12.1. The molecule has 0 bridgehead atoms. The fourth-order valence-corrected chi connectivity index (χ4v) is 2.21. The van der Waals surface area contributed by atoms with Crippen LogP contribution in [-0.4, -0.2) is 54.8 Å². The van der Waals surface area contributed by atoms with E-state index in [0.717, 1.165) is 0 Å². The molecule has 138 valence electrons. The number of anilines is 1. The van der Waals surface area contributed by atoms with Gasteiger partial charge in [-0.15, -0.1) is 0 Å². The number of benzene rings is 1. The molecule has 0 unspecified atom stereocenters. The standard InChI is InChI=1S/C18H28N4O3/c1-6-19-17(25)13-8-7-9-14(10-13)20-15(23)11-22(5)12-16(24)21-18(2,3)4/h7-10H,6,11-12H2,1-5H3,(H,19,25)(H,20,23)(H,21,24). The van der Waals surface area contributed by atoms with Crippen molar-refractivity contribution < 1.29 is 14.4 Å². The molecule has 0 aliphatic heterocycles. The normalized spacial score (nSPS) is 11.1. The van der Waals surface area contributed by atoms with Crippen LogP contribution in [0.2, 0.25) is 0 Å². The van der Waals surface area contributed by atoms with E-state index in [2.05, 4.69) is 16.0 Å². The van der Waals surface area contributed by atoms with Crippen molar-refractivity contribution in [3.8, 4) is 0 Å². The lowest BCUT2D eigenvalue weighted by atomic mass is 10.1. The zero-order valence-corrected chi connectivity index (χ0v) is 15.6. The van der Waals surface area contributed by atoms with Gasteiger partial charge in [0.05, 0.1) is 13.1 Å². The average Bonchev–Trinajstić information content (AvgIpc) is 2.45. The summed E-state index contributed by atoms with van der Waals surface area (Å²) < 4.78 is 0. The number of nitrogens with zero attached hydrogens (tertiary/aromatic N) is 1. The zero-order valence-electron chi connectivity index (χ0n) is 15.6. The molecule has 25 heavy (non-hydrogen) atoms. The molecule has 3 amide bonds. The second-order valence-corrected chi connectivity index (χ2v) is 6.96. The van der Waals surface area contributed by atoms with Gasteiger partial charge in [-0.1, -0.05) is 6.07 Å². The maximum Gasteiger partial charge on any atom is 0.251 e. The highest BCUT2D eigenvalue weighted by atomic mass is 16.2. The third-order valence-electron chi connectivity index (χ3n) is 3.09. The topological polar surface area (TPSA) is 90.5 Å². The lowest BCUT2D eigenvalue weighted by molar-refractivity contribution is -0.124. The summed E-state index contributed by atoms with van der Waals surface area (Å²) in [5, 5.41) is 8.30. The first kappa shape index (κ1) is 20.6. The Morgan fingerprint density at radius 2 is 1.72 bits per heavy atom. The second kappa shape index (κ2) is 9.17. The van der Waals surface area contributed by atoms with Crippen molar-refractivity contribution in [2.75, 3.05) is 32.0 Å². The van der Waals surface area contributed by atoms with Crippen molar-refractivity contribution in [1.29, 1.82) is 0 Å². The molecule has 0 aromatic heterocycles. The first-order valence-electron chi connectivity index (χ1n) is 8.28. The van der Waals surface area contributed by atoms with E-state index in [1.165, 1.54) is 0 Å². The molecule has 0 aliphatic carbocycles. The summed E-state index contributed by atoms with van der Waals surface area (Å²) in [7, 11) is 1.70. The summed E-state index contributed by atoms with van der Waals surface area (Å²) in [4.78, 5) is 37.4. The monoisotopic (exact) mass is 348 g/mol. The van der Waals surface area contributed by atoms with Crippen molar-refractivity contribution in [1.82, 2.24) is 15.5 Å². The Labute approximate surface area is 149 Å². The number of hydrogen-bond donors (Lipinski definition) is 3. The molecule has 0 aliphatic rings. The van der Waals surface area contributed by atoms with Crippen molar-refractivity contribution in [2.24, 2.45) is 0 Å². The van der Waals surface area contributed by atoms with E-state index in [-0.39, 0.29) is 36.3 Å². The number of carbonyl (C=O) groups is 3. The molecule has 1 aromatic carbocycles. The van der Waals surface area contributed by atoms with Crippen LogP contribution in [0.25, 0.3) is 0 Å². The molecule has 3 N–H and O–H groups in total. The Kier molecular flexibility index (Phi) is 7.57. The smallest absolute Gasteiger partial charge is 0.251 e. The first-order valence-corrected chi connectivity index (χ1v) is 8.28. The average molecular weight is 348 g/mol. The fourth-order valence-electron chi connectivity index (χ4n) is 2.21. The van der Waals surface area contributed by atoms with Gasteiger partial charge >= 0.3 is 0 Å². The van der Waals surface area contributed by atoms with Gasteiger partial charge < -0.3 is 16.0 Å². The van der Waals surface area contributed by atoms with Crippen molar-refractivity contribution in [3.63, 3.8) is 0 Å². The Morgan fingerprint density at radius 1 is 1.08 bits per heavy atom. The van der Waals surface area contributed by atoms with Crippen LogP contribution >= 0.6 is 0 Å². The number of amides is 3. The second-order valence-electron chi connectivity index (χ2n) is 6.96. The molecule has 1 aromatic rings. The molecular weight excluding hydrogens is 320 g/mol.